The van der Waals surface area contributed by atoms with Gasteiger partial charge in [0.25, 0.3) is 0 Å². The molecular formula is C53H98N2O7P+. The molecule has 3 atom stereocenters. The molecule has 0 aromatic carbocycles. The van der Waals surface area contributed by atoms with Gasteiger partial charge in [-0.05, 0) is 76.7 Å². The fourth-order valence-corrected chi connectivity index (χ4v) is 7.73. The van der Waals surface area contributed by atoms with E-state index in [9.17, 15) is 19.0 Å². The summed E-state index contributed by atoms with van der Waals surface area (Å²) in [6.45, 7) is 6.81. The highest BCUT2D eigenvalue weighted by Gasteiger charge is 2.30. The van der Waals surface area contributed by atoms with Crippen LogP contribution in [0.3, 0.4) is 0 Å². The quantitative estimate of drug-likeness (QED) is 0.0156. The number of phosphoric acid groups is 1. The molecule has 1 amide bonds. The average Bonchev–Trinajstić information content (AvgIpc) is 3.23. The summed E-state index contributed by atoms with van der Waals surface area (Å²) in [7, 11) is 1.47. The summed E-state index contributed by atoms with van der Waals surface area (Å²) in [5, 5.41) is 3.01. The third-order valence-corrected chi connectivity index (χ3v) is 12.0. The highest BCUT2D eigenvalue weighted by molar-refractivity contribution is 7.47. The Morgan fingerprint density at radius 3 is 1.57 bits per heavy atom. The van der Waals surface area contributed by atoms with Crippen molar-refractivity contribution in [2.45, 2.75) is 226 Å². The lowest BCUT2D eigenvalue weighted by Crippen LogP contribution is -2.47. The van der Waals surface area contributed by atoms with Crippen molar-refractivity contribution in [3.63, 3.8) is 0 Å². The van der Waals surface area contributed by atoms with Gasteiger partial charge in [0.05, 0.1) is 33.8 Å². The van der Waals surface area contributed by atoms with E-state index in [1.807, 2.05) is 39.4 Å². The summed E-state index contributed by atoms with van der Waals surface area (Å²) >= 11 is 0. The van der Waals surface area contributed by atoms with E-state index in [4.69, 9.17) is 13.8 Å². The van der Waals surface area contributed by atoms with Crippen molar-refractivity contribution < 1.29 is 37.3 Å². The van der Waals surface area contributed by atoms with Crippen LogP contribution in [0.25, 0.3) is 0 Å². The van der Waals surface area contributed by atoms with E-state index in [2.05, 4.69) is 68.6 Å². The number of hydrogen-bond donors (Lipinski definition) is 2. The molecule has 0 aliphatic carbocycles. The fourth-order valence-electron chi connectivity index (χ4n) is 6.99. The topological polar surface area (TPSA) is 111 Å². The zero-order chi connectivity index (χ0) is 46.5. The second-order valence-electron chi connectivity index (χ2n) is 18.4. The zero-order valence-corrected chi connectivity index (χ0v) is 42.4. The first-order valence-corrected chi connectivity index (χ1v) is 27.1. The number of unbranched alkanes of at least 4 members (excludes halogenated alkanes) is 23. The summed E-state index contributed by atoms with van der Waals surface area (Å²) in [4.78, 5) is 37.3. The number of phosphoric ester groups is 1. The molecule has 0 aliphatic rings. The summed E-state index contributed by atoms with van der Waals surface area (Å²) in [5.41, 5.74) is 0. The van der Waals surface area contributed by atoms with Gasteiger partial charge in [-0.2, -0.15) is 0 Å². The van der Waals surface area contributed by atoms with Gasteiger partial charge in [-0.15, -0.1) is 0 Å². The van der Waals surface area contributed by atoms with E-state index in [-0.39, 0.29) is 31.5 Å². The van der Waals surface area contributed by atoms with Crippen molar-refractivity contribution in [3.8, 4) is 0 Å². The lowest BCUT2D eigenvalue weighted by Gasteiger charge is -2.27. The van der Waals surface area contributed by atoms with E-state index in [1.165, 1.54) is 83.5 Å². The van der Waals surface area contributed by atoms with Gasteiger partial charge in [-0.3, -0.25) is 18.6 Å². The van der Waals surface area contributed by atoms with E-state index < -0.39 is 20.0 Å². The second kappa shape index (κ2) is 43.6. The highest BCUT2D eigenvalue weighted by Crippen LogP contribution is 2.43. The molecule has 0 bridgehead atoms. The average molecular weight is 906 g/mol. The maximum Gasteiger partial charge on any atom is 0.472 e. The minimum atomic E-state index is -4.44. The van der Waals surface area contributed by atoms with Crippen molar-refractivity contribution in [1.82, 2.24) is 5.32 Å². The Labute approximate surface area is 388 Å². The number of carbonyl (C=O) groups excluding carboxylic acids is 2. The molecular weight excluding hydrogens is 808 g/mol. The standard InChI is InChI=1S/C53H97N2O7P/c1-7-10-13-16-19-22-25-27-30-33-36-39-42-45-52(56)54-50(49-61-63(58,59)60-48-47-55(4,5)6)51(44-41-38-35-32-29-24-21-18-15-12-9-3)62-53(57)46-43-40-37-34-31-28-26-23-20-17-14-11-8-2/h10,13,16,19,22,25,28,31,41,44,50-51H,7-9,11-12,14-15,17-18,20-21,23-24,26-27,29-30,32-40,42-43,45-49H2,1-6H3,(H-,54,56,58,59)/p+1/b13-10+,19-16+,25-22-,31-28-,44-41+. The largest absolute Gasteiger partial charge is 0.472 e. The minimum Gasteiger partial charge on any atom is -0.456 e. The maximum atomic E-state index is 13.4. The molecule has 0 fully saturated rings. The molecule has 366 valence electrons. The van der Waals surface area contributed by atoms with Crippen LogP contribution in [0.2, 0.25) is 0 Å². The van der Waals surface area contributed by atoms with Crippen LogP contribution in [-0.4, -0.2) is 74.3 Å². The van der Waals surface area contributed by atoms with Crippen LogP contribution in [0.4, 0.5) is 0 Å². The molecule has 9 nitrogen and oxygen atoms in total. The Morgan fingerprint density at radius 2 is 1.03 bits per heavy atom. The molecule has 0 aromatic heterocycles. The number of likely N-dealkylation sites (N-methyl/N-ethyl adjacent to an activating group) is 1. The molecule has 10 heteroatoms. The molecule has 0 aliphatic heterocycles. The van der Waals surface area contributed by atoms with Gasteiger partial charge in [0.1, 0.15) is 19.3 Å². The molecule has 0 saturated carbocycles. The number of rotatable bonds is 45. The third kappa shape index (κ3) is 44.7. The summed E-state index contributed by atoms with van der Waals surface area (Å²) in [6, 6.07) is -0.863. The number of esters is 1. The zero-order valence-electron chi connectivity index (χ0n) is 41.6. The monoisotopic (exact) mass is 906 g/mol. The molecule has 0 heterocycles. The molecule has 0 saturated heterocycles. The number of carbonyl (C=O) groups is 2. The van der Waals surface area contributed by atoms with Gasteiger partial charge in [0.15, 0.2) is 0 Å². The van der Waals surface area contributed by atoms with Crippen LogP contribution >= 0.6 is 7.82 Å². The first-order chi connectivity index (χ1) is 30.4. The number of ether oxygens (including phenoxy) is 1. The van der Waals surface area contributed by atoms with Crippen LogP contribution in [0.1, 0.15) is 213 Å². The molecule has 63 heavy (non-hydrogen) atoms. The van der Waals surface area contributed by atoms with Crippen LogP contribution in [0.15, 0.2) is 60.8 Å². The first-order valence-electron chi connectivity index (χ1n) is 25.6. The van der Waals surface area contributed by atoms with Crippen molar-refractivity contribution in [2.24, 2.45) is 0 Å². The summed E-state index contributed by atoms with van der Waals surface area (Å²) in [6.07, 6.45) is 52.2. The minimum absolute atomic E-state index is 0.0320. The predicted molar refractivity (Wildman–Crippen MR) is 268 cm³/mol. The van der Waals surface area contributed by atoms with Crippen molar-refractivity contribution >= 4 is 19.7 Å². The Hall–Kier alpha value is -2.29. The lowest BCUT2D eigenvalue weighted by atomic mass is 10.1. The van der Waals surface area contributed by atoms with Crippen LogP contribution in [0.5, 0.6) is 0 Å². The van der Waals surface area contributed by atoms with Crippen LogP contribution < -0.4 is 5.32 Å². The van der Waals surface area contributed by atoms with Crippen LogP contribution in [0, 0.1) is 0 Å². The number of allylic oxidation sites excluding steroid dienone is 9. The lowest BCUT2D eigenvalue weighted by molar-refractivity contribution is -0.870. The normalized spacial score (nSPS) is 14.5. The maximum absolute atomic E-state index is 13.4. The Bertz CT molecular complexity index is 1270. The third-order valence-electron chi connectivity index (χ3n) is 11.0. The summed E-state index contributed by atoms with van der Waals surface area (Å²) in [5.74, 6) is -0.553. The fraction of sp³-hybridized carbons (Fsp3) is 0.774. The van der Waals surface area contributed by atoms with Gasteiger partial charge < -0.3 is 19.4 Å². The Morgan fingerprint density at radius 1 is 0.571 bits per heavy atom. The van der Waals surface area contributed by atoms with E-state index in [0.717, 1.165) is 89.9 Å². The van der Waals surface area contributed by atoms with Crippen molar-refractivity contribution in [1.29, 1.82) is 0 Å². The van der Waals surface area contributed by atoms with Crippen molar-refractivity contribution in [2.75, 3.05) is 40.9 Å². The predicted octanol–water partition coefficient (Wildman–Crippen LogP) is 14.8. The molecule has 0 aromatic rings. The van der Waals surface area contributed by atoms with E-state index in [1.54, 1.807) is 0 Å². The van der Waals surface area contributed by atoms with Gasteiger partial charge in [-0.1, -0.05) is 185 Å². The molecule has 0 radical (unpaired) electrons. The van der Waals surface area contributed by atoms with Gasteiger partial charge in [0, 0.05) is 12.8 Å². The highest BCUT2D eigenvalue weighted by atomic mass is 31.2. The van der Waals surface area contributed by atoms with Gasteiger partial charge in [-0.25, -0.2) is 4.57 Å². The van der Waals surface area contributed by atoms with E-state index >= 15 is 0 Å². The van der Waals surface area contributed by atoms with Crippen molar-refractivity contribution in [3.05, 3.63) is 60.8 Å². The van der Waals surface area contributed by atoms with Crippen LogP contribution in [-0.2, 0) is 27.9 Å². The Balaban J connectivity index is 5.49. The second-order valence-corrected chi connectivity index (χ2v) is 19.8. The smallest absolute Gasteiger partial charge is 0.456 e. The number of hydrogen-bond acceptors (Lipinski definition) is 6. The number of nitrogens with zero attached hydrogens (tertiary/aromatic N) is 1. The van der Waals surface area contributed by atoms with E-state index in [0.29, 0.717) is 23.9 Å². The SMILES string of the molecule is CC/C=C/C=C/C=C\CCCCCCCC(=O)NC(COP(=O)(O)OCC[N+](C)(C)C)C(/C=C/CCCCCCCCCCC)OC(=O)CCCCC/C=C\CCCCCCCC. The summed E-state index contributed by atoms with van der Waals surface area (Å²) < 4.78 is 30.4. The molecule has 0 rings (SSSR count). The number of quaternary nitrogens is 1. The Kier molecular flexibility index (Phi) is 42.0. The van der Waals surface area contributed by atoms with Gasteiger partial charge >= 0.3 is 13.8 Å². The first kappa shape index (κ1) is 60.7. The number of amides is 1. The number of nitrogens with one attached hydrogen (secondary N) is 1. The molecule has 3 unspecified atom stereocenters. The molecule has 2 N–H and O–H groups in total. The van der Waals surface area contributed by atoms with Gasteiger partial charge in [0.2, 0.25) is 5.91 Å². The molecule has 0 spiro atoms.